The maximum Gasteiger partial charge on any atom is 0.311 e. The van der Waals surface area contributed by atoms with Crippen molar-refractivity contribution in [1.29, 1.82) is 0 Å². The van der Waals surface area contributed by atoms with Crippen LogP contribution in [-0.4, -0.2) is 34.1 Å². The minimum atomic E-state index is -0.742. The molecule has 0 bridgehead atoms. The molecule has 0 radical (unpaired) electrons. The molecule has 3 aromatic rings. The zero-order valence-electron chi connectivity index (χ0n) is 17.8. The van der Waals surface area contributed by atoms with Gasteiger partial charge in [0.25, 0.3) is 11.6 Å². The molecule has 0 spiro atoms. The molecule has 9 heteroatoms. The van der Waals surface area contributed by atoms with Gasteiger partial charge in [0.05, 0.1) is 23.3 Å². The second-order valence-corrected chi connectivity index (χ2v) is 7.61. The van der Waals surface area contributed by atoms with Gasteiger partial charge >= 0.3 is 5.97 Å². The Balaban J connectivity index is 1.46. The maximum absolute atomic E-state index is 12.9. The number of hydrogen-bond acceptors (Lipinski definition) is 7. The number of nitro groups is 1. The van der Waals surface area contributed by atoms with E-state index in [1.807, 2.05) is 31.2 Å². The zero-order valence-corrected chi connectivity index (χ0v) is 17.8. The van der Waals surface area contributed by atoms with E-state index in [1.54, 1.807) is 18.2 Å². The van der Waals surface area contributed by atoms with Crippen LogP contribution >= 0.6 is 0 Å². The second-order valence-electron chi connectivity index (χ2n) is 7.61. The smallest absolute Gasteiger partial charge is 0.311 e. The van der Waals surface area contributed by atoms with Crippen molar-refractivity contribution in [1.82, 2.24) is 5.01 Å². The average Bonchev–Trinajstić information content (AvgIpc) is 3.48. The molecular weight excluding hydrogens is 426 g/mol. The van der Waals surface area contributed by atoms with Crippen LogP contribution in [-0.2, 0) is 20.7 Å². The lowest BCUT2D eigenvalue weighted by Gasteiger charge is -2.19. The first kappa shape index (κ1) is 21.9. The molecule has 1 aliphatic heterocycles. The normalized spacial score (nSPS) is 15.2. The highest BCUT2D eigenvalue weighted by atomic mass is 16.6. The Morgan fingerprint density at radius 3 is 2.61 bits per heavy atom. The van der Waals surface area contributed by atoms with Crippen molar-refractivity contribution < 1.29 is 23.7 Å². The highest BCUT2D eigenvalue weighted by Gasteiger charge is 2.35. The van der Waals surface area contributed by atoms with Crippen LogP contribution in [0.5, 0.6) is 0 Å². The summed E-state index contributed by atoms with van der Waals surface area (Å²) in [6, 6.07) is 16.8. The van der Waals surface area contributed by atoms with Crippen molar-refractivity contribution in [3.05, 3.63) is 99.5 Å². The van der Waals surface area contributed by atoms with E-state index in [9.17, 15) is 19.7 Å². The predicted octanol–water partition coefficient (Wildman–Crippen LogP) is 3.96. The number of ether oxygens (including phenoxy) is 1. The number of carbonyl (C=O) groups is 2. The third-order valence-electron chi connectivity index (χ3n) is 5.30. The number of para-hydroxylation sites is 1. The third kappa shape index (κ3) is 4.98. The van der Waals surface area contributed by atoms with Crippen LogP contribution < -0.4 is 0 Å². The summed E-state index contributed by atoms with van der Waals surface area (Å²) in [5.41, 5.74) is 2.76. The standard InChI is InChI=1S/C24H21N3O6/c1-16-8-10-17(11-9-16)19-14-21(22-7-4-12-32-22)26(25-19)23(28)15-33-24(29)13-18-5-2-3-6-20(18)27(30)31/h2-12,21H,13-15H2,1H3. The number of furan rings is 1. The van der Waals surface area contributed by atoms with Gasteiger partial charge in [-0.2, -0.15) is 5.10 Å². The number of hydrazone groups is 1. The van der Waals surface area contributed by atoms with Crippen LogP contribution in [0.25, 0.3) is 0 Å². The van der Waals surface area contributed by atoms with Crippen molar-refractivity contribution in [3.8, 4) is 0 Å². The van der Waals surface area contributed by atoms with E-state index in [4.69, 9.17) is 9.15 Å². The molecule has 1 aromatic heterocycles. The summed E-state index contributed by atoms with van der Waals surface area (Å²) in [4.78, 5) is 35.7. The molecule has 1 aliphatic rings. The number of amides is 1. The van der Waals surface area contributed by atoms with Crippen LogP contribution in [0.4, 0.5) is 5.69 Å². The van der Waals surface area contributed by atoms with Gasteiger partial charge in [-0.3, -0.25) is 19.7 Å². The molecular formula is C24H21N3O6. The van der Waals surface area contributed by atoms with E-state index in [-0.39, 0.29) is 17.7 Å². The molecule has 1 amide bonds. The van der Waals surface area contributed by atoms with Crippen molar-refractivity contribution >= 4 is 23.3 Å². The van der Waals surface area contributed by atoms with Crippen molar-refractivity contribution in [2.45, 2.75) is 25.8 Å². The van der Waals surface area contributed by atoms with Crippen molar-refractivity contribution in [3.63, 3.8) is 0 Å². The van der Waals surface area contributed by atoms with Gasteiger partial charge in [0.1, 0.15) is 11.8 Å². The summed E-state index contributed by atoms with van der Waals surface area (Å²) in [5.74, 6) is -0.691. The molecule has 0 saturated carbocycles. The molecule has 168 valence electrons. The summed E-state index contributed by atoms with van der Waals surface area (Å²) in [5, 5.41) is 16.9. The van der Waals surface area contributed by atoms with Crippen molar-refractivity contribution in [2.75, 3.05) is 6.61 Å². The fourth-order valence-corrected chi connectivity index (χ4v) is 3.62. The molecule has 2 aromatic carbocycles. The van der Waals surface area contributed by atoms with Crippen LogP contribution in [0.2, 0.25) is 0 Å². The largest absolute Gasteiger partial charge is 0.467 e. The molecule has 1 atom stereocenters. The van der Waals surface area contributed by atoms with Gasteiger partial charge in [0, 0.05) is 18.1 Å². The Morgan fingerprint density at radius 2 is 1.91 bits per heavy atom. The van der Waals surface area contributed by atoms with Crippen LogP contribution in [0, 0.1) is 17.0 Å². The maximum atomic E-state index is 12.9. The van der Waals surface area contributed by atoms with Gasteiger partial charge in [-0.1, -0.05) is 48.0 Å². The van der Waals surface area contributed by atoms with Gasteiger partial charge in [-0.25, -0.2) is 5.01 Å². The lowest BCUT2D eigenvalue weighted by Crippen LogP contribution is -2.31. The van der Waals surface area contributed by atoms with Gasteiger partial charge in [0.15, 0.2) is 6.61 Å². The number of hydrogen-bond donors (Lipinski definition) is 0. The number of nitrogens with zero attached hydrogens (tertiary/aromatic N) is 3. The Hall–Kier alpha value is -4.27. The number of benzene rings is 2. The molecule has 1 unspecified atom stereocenters. The Morgan fingerprint density at radius 1 is 1.15 bits per heavy atom. The molecule has 0 N–H and O–H groups in total. The SMILES string of the molecule is Cc1ccc(C2=NN(C(=O)COC(=O)Cc3ccccc3[N+](=O)[O-])C(c3ccco3)C2)cc1. The van der Waals surface area contributed by atoms with Gasteiger partial charge in [0.2, 0.25) is 0 Å². The molecule has 2 heterocycles. The monoisotopic (exact) mass is 447 g/mol. The molecule has 9 nitrogen and oxygen atoms in total. The fraction of sp³-hybridized carbons (Fsp3) is 0.208. The first-order chi connectivity index (χ1) is 15.9. The van der Waals surface area contributed by atoms with E-state index >= 15 is 0 Å². The average molecular weight is 447 g/mol. The Bertz CT molecular complexity index is 1200. The predicted molar refractivity (Wildman–Crippen MR) is 118 cm³/mol. The van der Waals surface area contributed by atoms with Gasteiger partial charge < -0.3 is 9.15 Å². The molecule has 0 fully saturated rings. The number of esters is 1. The summed E-state index contributed by atoms with van der Waals surface area (Å²) >= 11 is 0. The molecule has 33 heavy (non-hydrogen) atoms. The number of carbonyl (C=O) groups excluding carboxylic acids is 2. The topological polar surface area (TPSA) is 115 Å². The Labute approximate surface area is 189 Å². The van der Waals surface area contributed by atoms with Crippen LogP contribution in [0.3, 0.4) is 0 Å². The van der Waals surface area contributed by atoms with E-state index < -0.39 is 29.4 Å². The van der Waals surface area contributed by atoms with E-state index in [0.717, 1.165) is 16.8 Å². The second kappa shape index (κ2) is 9.47. The van der Waals surface area contributed by atoms with E-state index in [2.05, 4.69) is 5.10 Å². The highest BCUT2D eigenvalue weighted by Crippen LogP contribution is 2.33. The Kier molecular flexibility index (Phi) is 6.30. The quantitative estimate of drug-likeness (QED) is 0.308. The zero-order chi connectivity index (χ0) is 23.4. The van der Waals surface area contributed by atoms with Crippen molar-refractivity contribution in [2.24, 2.45) is 5.10 Å². The summed E-state index contributed by atoms with van der Waals surface area (Å²) in [6.07, 6.45) is 1.66. The van der Waals surface area contributed by atoms with E-state index in [0.29, 0.717) is 12.2 Å². The molecule has 0 saturated heterocycles. The summed E-state index contributed by atoms with van der Waals surface area (Å²) < 4.78 is 10.6. The third-order valence-corrected chi connectivity index (χ3v) is 5.30. The van der Waals surface area contributed by atoms with Crippen LogP contribution in [0.1, 0.15) is 34.9 Å². The number of nitro benzene ring substituents is 1. The first-order valence-electron chi connectivity index (χ1n) is 10.3. The fourth-order valence-electron chi connectivity index (χ4n) is 3.62. The lowest BCUT2D eigenvalue weighted by atomic mass is 10.0. The lowest BCUT2D eigenvalue weighted by molar-refractivity contribution is -0.385. The highest BCUT2D eigenvalue weighted by molar-refractivity contribution is 6.03. The first-order valence-corrected chi connectivity index (χ1v) is 10.3. The van der Waals surface area contributed by atoms with Gasteiger partial charge in [-0.15, -0.1) is 0 Å². The van der Waals surface area contributed by atoms with Gasteiger partial charge in [-0.05, 0) is 24.6 Å². The number of rotatable bonds is 7. The molecule has 0 aliphatic carbocycles. The van der Waals surface area contributed by atoms with E-state index in [1.165, 1.54) is 29.5 Å². The number of aryl methyl sites for hydroxylation is 1. The summed E-state index contributed by atoms with van der Waals surface area (Å²) in [7, 11) is 0. The molecule has 4 rings (SSSR count). The minimum absolute atomic E-state index is 0.175. The minimum Gasteiger partial charge on any atom is -0.467 e. The summed E-state index contributed by atoms with van der Waals surface area (Å²) in [6.45, 7) is 1.45. The van der Waals surface area contributed by atoms with Crippen LogP contribution in [0.15, 0.2) is 76.4 Å².